The van der Waals surface area contributed by atoms with Crippen molar-refractivity contribution in [1.29, 1.82) is 0 Å². The molecule has 0 fully saturated rings. The molecule has 0 aliphatic heterocycles. The van der Waals surface area contributed by atoms with Crippen LogP contribution in [-0.4, -0.2) is 43.5 Å². The highest BCUT2D eigenvalue weighted by atomic mass is 16.7. The van der Waals surface area contributed by atoms with Crippen LogP contribution in [0.3, 0.4) is 0 Å². The van der Waals surface area contributed by atoms with E-state index in [-0.39, 0.29) is 6.29 Å². The smallest absolute Gasteiger partial charge is 0.158 e. The summed E-state index contributed by atoms with van der Waals surface area (Å²) < 4.78 is 11.1. The van der Waals surface area contributed by atoms with E-state index in [1.807, 2.05) is 13.8 Å². The highest BCUT2D eigenvalue weighted by Gasteiger charge is 2.13. The second-order valence-corrected chi connectivity index (χ2v) is 4.01. The number of ether oxygens (including phenoxy) is 2. The fourth-order valence-corrected chi connectivity index (χ4v) is 1.81. The Morgan fingerprint density at radius 3 is 1.94 bits per heavy atom. The molecule has 0 aromatic heterocycles. The molecule has 1 atom stereocenters. The van der Waals surface area contributed by atoms with Gasteiger partial charge in [-0.05, 0) is 33.7 Å². The lowest BCUT2D eigenvalue weighted by Crippen LogP contribution is -2.35. The molecular formula is C13H29NO2. The van der Waals surface area contributed by atoms with E-state index in [2.05, 4.69) is 25.7 Å². The molecule has 3 heteroatoms. The van der Waals surface area contributed by atoms with Crippen LogP contribution in [0.15, 0.2) is 0 Å². The Balaban J connectivity index is 3.94. The van der Waals surface area contributed by atoms with E-state index in [4.69, 9.17) is 9.47 Å². The van der Waals surface area contributed by atoms with Gasteiger partial charge in [0.1, 0.15) is 0 Å². The summed E-state index contributed by atoms with van der Waals surface area (Å²) in [5, 5.41) is 0. The first kappa shape index (κ1) is 15.9. The molecule has 0 bridgehead atoms. The van der Waals surface area contributed by atoms with E-state index in [0.717, 1.165) is 32.7 Å². The Bertz CT molecular complexity index is 147. The molecule has 3 nitrogen and oxygen atoms in total. The van der Waals surface area contributed by atoms with Crippen LogP contribution in [0.2, 0.25) is 0 Å². The maximum atomic E-state index is 5.54. The average molecular weight is 231 g/mol. The van der Waals surface area contributed by atoms with Crippen molar-refractivity contribution in [3.63, 3.8) is 0 Å². The van der Waals surface area contributed by atoms with Crippen molar-refractivity contribution in [2.75, 3.05) is 26.3 Å². The standard InChI is InChI=1S/C13H29NO2/c1-6-12(5)14(7-2)11-10-13(15-8-3)16-9-4/h12-13H,6-11H2,1-5H3. The Morgan fingerprint density at radius 1 is 1.00 bits per heavy atom. The van der Waals surface area contributed by atoms with Crippen molar-refractivity contribution in [3.8, 4) is 0 Å². The number of hydrogen-bond acceptors (Lipinski definition) is 3. The summed E-state index contributed by atoms with van der Waals surface area (Å²) >= 11 is 0. The molecule has 0 aliphatic carbocycles. The predicted octanol–water partition coefficient (Wildman–Crippen LogP) is 2.90. The largest absolute Gasteiger partial charge is 0.353 e. The van der Waals surface area contributed by atoms with Gasteiger partial charge in [-0.2, -0.15) is 0 Å². The van der Waals surface area contributed by atoms with Gasteiger partial charge in [-0.1, -0.05) is 13.8 Å². The summed E-state index contributed by atoms with van der Waals surface area (Å²) in [6.07, 6.45) is 2.12. The van der Waals surface area contributed by atoms with E-state index in [0.29, 0.717) is 6.04 Å². The quantitative estimate of drug-likeness (QED) is 0.540. The Morgan fingerprint density at radius 2 is 1.56 bits per heavy atom. The molecule has 0 heterocycles. The normalized spacial score (nSPS) is 13.7. The minimum Gasteiger partial charge on any atom is -0.353 e. The van der Waals surface area contributed by atoms with Crippen molar-refractivity contribution in [3.05, 3.63) is 0 Å². The maximum absolute atomic E-state index is 5.54. The molecule has 0 rings (SSSR count). The van der Waals surface area contributed by atoms with Gasteiger partial charge in [0.25, 0.3) is 0 Å². The van der Waals surface area contributed by atoms with E-state index in [1.165, 1.54) is 6.42 Å². The molecule has 0 saturated carbocycles. The van der Waals surface area contributed by atoms with Gasteiger partial charge in [0, 0.05) is 32.2 Å². The first-order valence-electron chi connectivity index (χ1n) is 6.66. The summed E-state index contributed by atoms with van der Waals surface area (Å²) in [6.45, 7) is 14.3. The molecule has 1 unspecified atom stereocenters. The highest BCUT2D eigenvalue weighted by Crippen LogP contribution is 2.08. The minimum absolute atomic E-state index is 0.0342. The van der Waals surface area contributed by atoms with Crippen LogP contribution in [0.25, 0.3) is 0 Å². The van der Waals surface area contributed by atoms with E-state index < -0.39 is 0 Å². The van der Waals surface area contributed by atoms with Crippen LogP contribution in [0, 0.1) is 0 Å². The zero-order valence-corrected chi connectivity index (χ0v) is 11.7. The molecule has 0 aromatic carbocycles. The van der Waals surface area contributed by atoms with E-state index in [1.54, 1.807) is 0 Å². The molecule has 16 heavy (non-hydrogen) atoms. The molecular weight excluding hydrogens is 202 g/mol. The summed E-state index contributed by atoms with van der Waals surface area (Å²) in [6, 6.07) is 0.647. The molecule has 0 amide bonds. The Hall–Kier alpha value is -0.120. The molecule has 98 valence electrons. The predicted molar refractivity (Wildman–Crippen MR) is 68.7 cm³/mol. The van der Waals surface area contributed by atoms with Crippen molar-refractivity contribution in [2.45, 2.75) is 59.8 Å². The fourth-order valence-electron chi connectivity index (χ4n) is 1.81. The molecule has 0 aliphatic rings. The third kappa shape index (κ3) is 6.46. The SMILES string of the molecule is CCOC(CCN(CC)C(C)CC)OCC. The lowest BCUT2D eigenvalue weighted by atomic mass is 10.2. The molecule has 0 radical (unpaired) electrons. The first-order valence-corrected chi connectivity index (χ1v) is 6.66. The van der Waals surface area contributed by atoms with Gasteiger partial charge in [-0.25, -0.2) is 0 Å². The van der Waals surface area contributed by atoms with E-state index in [9.17, 15) is 0 Å². The van der Waals surface area contributed by atoms with Gasteiger partial charge in [-0.15, -0.1) is 0 Å². The summed E-state index contributed by atoms with van der Waals surface area (Å²) in [5.41, 5.74) is 0. The van der Waals surface area contributed by atoms with Crippen LogP contribution in [0.1, 0.15) is 47.5 Å². The topological polar surface area (TPSA) is 21.7 Å². The Kier molecular flexibility index (Phi) is 9.99. The van der Waals surface area contributed by atoms with Crippen LogP contribution < -0.4 is 0 Å². The van der Waals surface area contributed by atoms with Gasteiger partial charge in [0.2, 0.25) is 0 Å². The lowest BCUT2D eigenvalue weighted by Gasteiger charge is -2.28. The molecule has 0 aromatic rings. The van der Waals surface area contributed by atoms with Crippen LogP contribution in [0.5, 0.6) is 0 Å². The van der Waals surface area contributed by atoms with Crippen LogP contribution in [0.4, 0.5) is 0 Å². The van der Waals surface area contributed by atoms with E-state index >= 15 is 0 Å². The monoisotopic (exact) mass is 231 g/mol. The van der Waals surface area contributed by atoms with Crippen molar-refractivity contribution < 1.29 is 9.47 Å². The third-order valence-electron chi connectivity index (χ3n) is 2.98. The zero-order valence-electron chi connectivity index (χ0n) is 11.7. The second-order valence-electron chi connectivity index (χ2n) is 4.01. The number of hydrogen-bond donors (Lipinski definition) is 0. The maximum Gasteiger partial charge on any atom is 0.158 e. The van der Waals surface area contributed by atoms with Gasteiger partial charge < -0.3 is 14.4 Å². The minimum atomic E-state index is -0.0342. The average Bonchev–Trinajstić information content (AvgIpc) is 2.29. The molecule has 0 spiro atoms. The van der Waals surface area contributed by atoms with Crippen molar-refractivity contribution >= 4 is 0 Å². The van der Waals surface area contributed by atoms with Gasteiger partial charge in [0.15, 0.2) is 6.29 Å². The molecule has 0 N–H and O–H groups in total. The van der Waals surface area contributed by atoms with Crippen LogP contribution in [-0.2, 0) is 9.47 Å². The highest BCUT2D eigenvalue weighted by molar-refractivity contribution is 4.64. The van der Waals surface area contributed by atoms with Crippen LogP contribution >= 0.6 is 0 Å². The molecule has 0 saturated heterocycles. The van der Waals surface area contributed by atoms with Gasteiger partial charge in [-0.3, -0.25) is 0 Å². The summed E-state index contributed by atoms with van der Waals surface area (Å²) in [4.78, 5) is 2.48. The fraction of sp³-hybridized carbons (Fsp3) is 1.00. The lowest BCUT2D eigenvalue weighted by molar-refractivity contribution is -0.142. The van der Waals surface area contributed by atoms with Crippen molar-refractivity contribution in [2.24, 2.45) is 0 Å². The van der Waals surface area contributed by atoms with Crippen molar-refractivity contribution in [1.82, 2.24) is 4.90 Å². The van der Waals surface area contributed by atoms with Gasteiger partial charge >= 0.3 is 0 Å². The zero-order chi connectivity index (χ0) is 12.4. The summed E-state index contributed by atoms with van der Waals surface area (Å²) in [5.74, 6) is 0. The number of rotatable bonds is 10. The number of nitrogens with zero attached hydrogens (tertiary/aromatic N) is 1. The third-order valence-corrected chi connectivity index (χ3v) is 2.98. The second kappa shape index (κ2) is 10.1. The first-order chi connectivity index (χ1) is 7.69. The summed E-state index contributed by atoms with van der Waals surface area (Å²) in [7, 11) is 0. The van der Waals surface area contributed by atoms with Gasteiger partial charge in [0.05, 0.1) is 0 Å². The Labute approximate surface area is 101 Å².